The number of amides is 1. The third-order valence-corrected chi connectivity index (χ3v) is 5.41. The van der Waals surface area contributed by atoms with Crippen molar-refractivity contribution in [2.75, 3.05) is 26.8 Å². The van der Waals surface area contributed by atoms with E-state index in [4.69, 9.17) is 9.47 Å². The molecule has 0 radical (unpaired) electrons. The first kappa shape index (κ1) is 22.1. The maximum atomic E-state index is 12.6. The predicted octanol–water partition coefficient (Wildman–Crippen LogP) is 2.96. The Bertz CT molecular complexity index is 813. The number of methoxy groups -OCH3 is 1. The Morgan fingerprint density at radius 1 is 1.10 bits per heavy atom. The average Bonchev–Trinajstić information content (AvgIpc) is 3.16. The largest absolute Gasteiger partial charge is 0.493 e. The highest BCUT2D eigenvalue weighted by Gasteiger charge is 2.36. The van der Waals surface area contributed by atoms with Gasteiger partial charge in [0.15, 0.2) is 11.5 Å². The molecule has 0 unspecified atom stereocenters. The Kier molecular flexibility index (Phi) is 8.11. The van der Waals surface area contributed by atoms with E-state index in [1.54, 1.807) is 7.11 Å². The van der Waals surface area contributed by atoms with Crippen molar-refractivity contribution in [3.8, 4) is 11.5 Å². The Morgan fingerprint density at radius 3 is 2.60 bits per heavy atom. The third kappa shape index (κ3) is 5.74. The average molecular weight is 412 g/mol. The molecule has 6 heteroatoms. The van der Waals surface area contributed by atoms with Gasteiger partial charge < -0.3 is 20.1 Å². The van der Waals surface area contributed by atoms with E-state index in [0.717, 1.165) is 43.1 Å². The summed E-state index contributed by atoms with van der Waals surface area (Å²) >= 11 is 0. The number of nitrogens with one attached hydrogen (secondary N) is 2. The van der Waals surface area contributed by atoms with E-state index in [-0.39, 0.29) is 18.0 Å². The van der Waals surface area contributed by atoms with Crippen LogP contribution in [0.25, 0.3) is 0 Å². The first-order chi connectivity index (χ1) is 14.6. The van der Waals surface area contributed by atoms with Gasteiger partial charge in [0.05, 0.1) is 19.8 Å². The number of hydrogen-bond donors (Lipinski definition) is 2. The quantitative estimate of drug-likeness (QED) is 0.629. The summed E-state index contributed by atoms with van der Waals surface area (Å²) in [6, 6.07) is 16.5. The second kappa shape index (κ2) is 11.0. The van der Waals surface area contributed by atoms with Gasteiger partial charge >= 0.3 is 0 Å². The molecule has 30 heavy (non-hydrogen) atoms. The number of hydrogen-bond acceptors (Lipinski definition) is 5. The summed E-state index contributed by atoms with van der Waals surface area (Å²) in [7, 11) is 1.65. The van der Waals surface area contributed by atoms with Gasteiger partial charge in [0.25, 0.3) is 0 Å². The molecule has 0 bridgehead atoms. The minimum atomic E-state index is -0.113. The van der Waals surface area contributed by atoms with Crippen LogP contribution in [-0.2, 0) is 17.9 Å². The minimum Gasteiger partial charge on any atom is -0.493 e. The molecule has 1 saturated heterocycles. The van der Waals surface area contributed by atoms with Crippen molar-refractivity contribution in [1.29, 1.82) is 0 Å². The molecule has 2 aromatic rings. The van der Waals surface area contributed by atoms with Crippen LogP contribution in [0.2, 0.25) is 0 Å². The Morgan fingerprint density at radius 2 is 1.90 bits per heavy atom. The van der Waals surface area contributed by atoms with Crippen molar-refractivity contribution in [1.82, 2.24) is 15.5 Å². The fraction of sp³-hybridized carbons (Fsp3) is 0.458. The van der Waals surface area contributed by atoms with E-state index in [9.17, 15) is 4.79 Å². The molecule has 0 aliphatic carbocycles. The van der Waals surface area contributed by atoms with E-state index in [0.29, 0.717) is 13.2 Å². The number of rotatable bonds is 10. The normalized spacial score (nSPS) is 18.9. The third-order valence-electron chi connectivity index (χ3n) is 5.41. The van der Waals surface area contributed by atoms with Crippen LogP contribution in [0.15, 0.2) is 48.5 Å². The predicted molar refractivity (Wildman–Crippen MR) is 119 cm³/mol. The first-order valence-electron chi connectivity index (χ1n) is 10.7. The molecular formula is C24H33N3O3. The van der Waals surface area contributed by atoms with E-state index in [1.165, 1.54) is 5.56 Å². The zero-order chi connectivity index (χ0) is 21.3. The maximum absolute atomic E-state index is 12.6. The van der Waals surface area contributed by atoms with Gasteiger partial charge in [-0.1, -0.05) is 36.4 Å². The summed E-state index contributed by atoms with van der Waals surface area (Å²) in [4.78, 5) is 14.9. The Labute approximate surface area is 179 Å². The lowest BCUT2D eigenvalue weighted by Crippen LogP contribution is -2.42. The van der Waals surface area contributed by atoms with Crippen LogP contribution >= 0.6 is 0 Å². The molecule has 3 rings (SSSR count). The highest BCUT2D eigenvalue weighted by molar-refractivity contribution is 5.82. The topological polar surface area (TPSA) is 62.8 Å². The molecule has 1 aliphatic rings. The second-order valence-corrected chi connectivity index (χ2v) is 7.56. The van der Waals surface area contributed by atoms with Crippen LogP contribution in [-0.4, -0.2) is 49.7 Å². The molecular weight excluding hydrogens is 378 g/mol. The number of benzene rings is 2. The summed E-state index contributed by atoms with van der Waals surface area (Å²) in [5.41, 5.74) is 2.36. The van der Waals surface area contributed by atoms with Crippen molar-refractivity contribution < 1.29 is 14.3 Å². The molecule has 0 spiro atoms. The number of likely N-dealkylation sites (N-methyl/N-ethyl adjacent to an activating group) is 1. The summed E-state index contributed by atoms with van der Waals surface area (Å²) < 4.78 is 11.1. The smallest absolute Gasteiger partial charge is 0.237 e. The van der Waals surface area contributed by atoms with E-state index in [2.05, 4.69) is 27.7 Å². The number of nitrogens with zero attached hydrogens (tertiary/aromatic N) is 1. The lowest BCUT2D eigenvalue weighted by Gasteiger charge is -2.23. The molecule has 1 amide bonds. The monoisotopic (exact) mass is 411 g/mol. The molecule has 2 aromatic carbocycles. The van der Waals surface area contributed by atoms with Gasteiger partial charge in [0, 0.05) is 32.2 Å². The molecule has 0 saturated carbocycles. The highest BCUT2D eigenvalue weighted by Crippen LogP contribution is 2.28. The number of likely N-dealkylation sites (tertiary alicyclic amines) is 1. The Hall–Kier alpha value is -2.57. The molecule has 2 atom stereocenters. The minimum absolute atomic E-state index is 0.112. The van der Waals surface area contributed by atoms with Gasteiger partial charge in [0.2, 0.25) is 5.91 Å². The van der Waals surface area contributed by atoms with E-state index in [1.807, 2.05) is 50.2 Å². The molecule has 1 fully saturated rings. The number of carbonyl (C=O) groups excluding carboxylic acids is 1. The zero-order valence-corrected chi connectivity index (χ0v) is 18.2. The first-order valence-corrected chi connectivity index (χ1v) is 10.7. The molecule has 162 valence electrons. The fourth-order valence-corrected chi connectivity index (χ4v) is 3.97. The van der Waals surface area contributed by atoms with Crippen molar-refractivity contribution in [2.24, 2.45) is 0 Å². The van der Waals surface area contributed by atoms with Crippen LogP contribution in [0, 0.1) is 0 Å². The molecule has 1 heterocycles. The van der Waals surface area contributed by atoms with Crippen molar-refractivity contribution in [3.05, 3.63) is 59.7 Å². The summed E-state index contributed by atoms with van der Waals surface area (Å²) in [6.45, 7) is 7.51. The maximum Gasteiger partial charge on any atom is 0.237 e. The van der Waals surface area contributed by atoms with Crippen molar-refractivity contribution >= 4 is 5.91 Å². The van der Waals surface area contributed by atoms with Crippen molar-refractivity contribution in [3.63, 3.8) is 0 Å². The van der Waals surface area contributed by atoms with Gasteiger partial charge in [-0.3, -0.25) is 9.69 Å². The second-order valence-electron chi connectivity index (χ2n) is 7.56. The molecule has 6 nitrogen and oxygen atoms in total. The van der Waals surface area contributed by atoms with Crippen LogP contribution in [0.1, 0.15) is 31.4 Å². The standard InChI is InChI=1S/C24H33N3O3/c1-4-25-24(28)21-14-20(17-27(21)16-18-9-7-6-8-10-18)26-15-19-11-12-22(29-3)23(13-19)30-5-2/h6-13,20-21,26H,4-5,14-17H2,1-3H3,(H,25,28)/t20-,21-/m0/s1. The molecule has 0 aromatic heterocycles. The Balaban J connectivity index is 1.64. The summed E-state index contributed by atoms with van der Waals surface area (Å²) in [6.07, 6.45) is 0.799. The van der Waals surface area contributed by atoms with Gasteiger partial charge in [-0.05, 0) is 43.5 Å². The SMILES string of the molecule is CCNC(=O)[C@@H]1C[C@H](NCc2ccc(OC)c(OCC)c2)CN1Cc1ccccc1. The van der Waals surface area contributed by atoms with Gasteiger partial charge in [-0.15, -0.1) is 0 Å². The lowest BCUT2D eigenvalue weighted by molar-refractivity contribution is -0.125. The number of ether oxygens (including phenoxy) is 2. The van der Waals surface area contributed by atoms with Crippen LogP contribution < -0.4 is 20.1 Å². The molecule has 1 aliphatic heterocycles. The summed E-state index contributed by atoms with van der Waals surface area (Å²) in [5.74, 6) is 1.62. The molecule has 2 N–H and O–H groups in total. The van der Waals surface area contributed by atoms with Gasteiger partial charge in [-0.25, -0.2) is 0 Å². The van der Waals surface area contributed by atoms with E-state index < -0.39 is 0 Å². The van der Waals surface area contributed by atoms with Crippen LogP contribution in [0.5, 0.6) is 11.5 Å². The van der Waals surface area contributed by atoms with Crippen LogP contribution in [0.4, 0.5) is 0 Å². The van der Waals surface area contributed by atoms with Gasteiger partial charge in [0.1, 0.15) is 0 Å². The van der Waals surface area contributed by atoms with Gasteiger partial charge in [-0.2, -0.15) is 0 Å². The highest BCUT2D eigenvalue weighted by atomic mass is 16.5. The summed E-state index contributed by atoms with van der Waals surface area (Å²) in [5, 5.41) is 6.62. The zero-order valence-electron chi connectivity index (χ0n) is 18.2. The number of carbonyl (C=O) groups is 1. The lowest BCUT2D eigenvalue weighted by atomic mass is 10.1. The van der Waals surface area contributed by atoms with Crippen molar-refractivity contribution in [2.45, 2.75) is 45.4 Å². The fourth-order valence-electron chi connectivity index (χ4n) is 3.97. The van der Waals surface area contributed by atoms with E-state index >= 15 is 0 Å². The van der Waals surface area contributed by atoms with Crippen LogP contribution in [0.3, 0.4) is 0 Å².